The Morgan fingerprint density at radius 2 is 2.05 bits per heavy atom. The van der Waals surface area contributed by atoms with E-state index in [0.717, 1.165) is 37.4 Å². The monoisotopic (exact) mass is 279 g/mol. The molecule has 0 bridgehead atoms. The summed E-state index contributed by atoms with van der Waals surface area (Å²) >= 11 is 6.19. The van der Waals surface area contributed by atoms with Crippen molar-refractivity contribution in [2.24, 2.45) is 11.8 Å². The molecule has 0 radical (unpaired) electrons. The largest absolute Gasteiger partial charge is 0.303 e. The standard InChI is InChI=1S/C16H22ClNO/c1-13(12-19)10-14-6-8-18(9-7-14)11-15-4-2-3-5-16(15)17/h2-5,12-14H,6-11H2,1H3. The molecule has 1 aromatic carbocycles. The number of aldehydes is 1. The second-order valence-corrected chi connectivity index (χ2v) is 6.07. The topological polar surface area (TPSA) is 20.3 Å². The number of likely N-dealkylation sites (tertiary alicyclic amines) is 1. The van der Waals surface area contributed by atoms with Gasteiger partial charge in [-0.15, -0.1) is 0 Å². The highest BCUT2D eigenvalue weighted by atomic mass is 35.5. The average Bonchev–Trinajstić information content (AvgIpc) is 2.43. The Balaban J connectivity index is 1.80. The van der Waals surface area contributed by atoms with Gasteiger partial charge in [0, 0.05) is 17.5 Å². The van der Waals surface area contributed by atoms with Crippen LogP contribution >= 0.6 is 11.6 Å². The minimum absolute atomic E-state index is 0.208. The van der Waals surface area contributed by atoms with Crippen LogP contribution in [0.2, 0.25) is 5.02 Å². The number of halogens is 1. The third-order valence-corrected chi connectivity index (χ3v) is 4.37. The first kappa shape index (κ1) is 14.5. The molecule has 2 rings (SSSR count). The van der Waals surface area contributed by atoms with Crippen molar-refractivity contribution < 1.29 is 4.79 Å². The fourth-order valence-electron chi connectivity index (χ4n) is 2.83. The molecule has 2 nitrogen and oxygen atoms in total. The first-order chi connectivity index (χ1) is 9.19. The normalized spacial score (nSPS) is 19.3. The van der Waals surface area contributed by atoms with Crippen LogP contribution in [0.25, 0.3) is 0 Å². The van der Waals surface area contributed by atoms with Crippen molar-refractivity contribution in [3.05, 3.63) is 34.9 Å². The first-order valence-corrected chi connectivity index (χ1v) is 7.48. The van der Waals surface area contributed by atoms with Gasteiger partial charge in [-0.1, -0.05) is 36.7 Å². The van der Waals surface area contributed by atoms with Crippen molar-refractivity contribution in [1.29, 1.82) is 0 Å². The molecule has 3 heteroatoms. The molecular formula is C16H22ClNO. The molecule has 1 aliphatic rings. The van der Waals surface area contributed by atoms with Gasteiger partial charge in [-0.2, -0.15) is 0 Å². The molecular weight excluding hydrogens is 258 g/mol. The summed E-state index contributed by atoms with van der Waals surface area (Å²) < 4.78 is 0. The Kier molecular flexibility index (Phi) is 5.41. The molecule has 0 N–H and O–H groups in total. The van der Waals surface area contributed by atoms with Crippen LogP contribution in [0, 0.1) is 11.8 Å². The maximum atomic E-state index is 10.7. The lowest BCUT2D eigenvalue weighted by molar-refractivity contribution is -0.111. The van der Waals surface area contributed by atoms with Crippen LogP contribution < -0.4 is 0 Å². The molecule has 1 saturated heterocycles. The SMILES string of the molecule is CC(C=O)CC1CCN(Cc2ccccc2Cl)CC1. The fraction of sp³-hybridized carbons (Fsp3) is 0.562. The van der Waals surface area contributed by atoms with E-state index in [4.69, 9.17) is 11.6 Å². The summed E-state index contributed by atoms with van der Waals surface area (Å²) in [7, 11) is 0. The van der Waals surface area contributed by atoms with Crippen LogP contribution in [0.4, 0.5) is 0 Å². The molecule has 19 heavy (non-hydrogen) atoms. The minimum atomic E-state index is 0.208. The summed E-state index contributed by atoms with van der Waals surface area (Å²) in [6.45, 7) is 5.18. The van der Waals surface area contributed by atoms with Crippen LogP contribution in [0.5, 0.6) is 0 Å². The van der Waals surface area contributed by atoms with Crippen molar-refractivity contribution in [3.63, 3.8) is 0 Å². The lowest BCUT2D eigenvalue weighted by atomic mass is 9.88. The maximum Gasteiger partial charge on any atom is 0.122 e. The van der Waals surface area contributed by atoms with Gasteiger partial charge >= 0.3 is 0 Å². The zero-order valence-electron chi connectivity index (χ0n) is 11.5. The van der Waals surface area contributed by atoms with Crippen molar-refractivity contribution in [2.45, 2.75) is 32.7 Å². The van der Waals surface area contributed by atoms with Gasteiger partial charge < -0.3 is 4.79 Å². The Bertz CT molecular complexity index is 413. The average molecular weight is 280 g/mol. The highest BCUT2D eigenvalue weighted by molar-refractivity contribution is 6.31. The zero-order chi connectivity index (χ0) is 13.7. The highest BCUT2D eigenvalue weighted by Gasteiger charge is 2.21. The van der Waals surface area contributed by atoms with Crippen LogP contribution in [0.3, 0.4) is 0 Å². The molecule has 1 fully saturated rings. The van der Waals surface area contributed by atoms with Gasteiger partial charge in [0.15, 0.2) is 0 Å². The molecule has 0 spiro atoms. The molecule has 1 aliphatic heterocycles. The molecule has 1 aromatic rings. The van der Waals surface area contributed by atoms with Crippen molar-refractivity contribution in [3.8, 4) is 0 Å². The van der Waals surface area contributed by atoms with Gasteiger partial charge in [0.1, 0.15) is 6.29 Å². The number of hydrogen-bond donors (Lipinski definition) is 0. The Labute approximate surface area is 120 Å². The maximum absolute atomic E-state index is 10.7. The second kappa shape index (κ2) is 7.06. The van der Waals surface area contributed by atoms with Gasteiger partial charge in [0.2, 0.25) is 0 Å². The molecule has 1 unspecified atom stereocenters. The van der Waals surface area contributed by atoms with E-state index in [1.165, 1.54) is 18.4 Å². The summed E-state index contributed by atoms with van der Waals surface area (Å²) in [6.07, 6.45) is 4.52. The Morgan fingerprint density at radius 3 is 2.68 bits per heavy atom. The van der Waals surface area contributed by atoms with Gasteiger partial charge in [-0.3, -0.25) is 4.90 Å². The van der Waals surface area contributed by atoms with E-state index in [1.807, 2.05) is 25.1 Å². The third-order valence-electron chi connectivity index (χ3n) is 4.00. The summed E-state index contributed by atoms with van der Waals surface area (Å²) in [6, 6.07) is 8.07. The minimum Gasteiger partial charge on any atom is -0.303 e. The van der Waals surface area contributed by atoms with E-state index in [1.54, 1.807) is 0 Å². The number of nitrogens with zero attached hydrogens (tertiary/aromatic N) is 1. The van der Waals surface area contributed by atoms with E-state index in [0.29, 0.717) is 5.92 Å². The van der Waals surface area contributed by atoms with E-state index in [-0.39, 0.29) is 5.92 Å². The highest BCUT2D eigenvalue weighted by Crippen LogP contribution is 2.25. The van der Waals surface area contributed by atoms with E-state index >= 15 is 0 Å². The van der Waals surface area contributed by atoms with E-state index in [2.05, 4.69) is 11.0 Å². The van der Waals surface area contributed by atoms with Gasteiger partial charge in [0.05, 0.1) is 0 Å². The fourth-order valence-corrected chi connectivity index (χ4v) is 3.02. The predicted molar refractivity (Wildman–Crippen MR) is 79.3 cm³/mol. The quantitative estimate of drug-likeness (QED) is 0.765. The first-order valence-electron chi connectivity index (χ1n) is 7.10. The molecule has 1 atom stereocenters. The summed E-state index contributed by atoms with van der Waals surface area (Å²) in [4.78, 5) is 13.2. The molecule has 0 saturated carbocycles. The van der Waals surface area contributed by atoms with Crippen molar-refractivity contribution >= 4 is 17.9 Å². The van der Waals surface area contributed by atoms with Crippen molar-refractivity contribution in [1.82, 2.24) is 4.90 Å². The number of carbonyl (C=O) groups is 1. The van der Waals surface area contributed by atoms with E-state index < -0.39 is 0 Å². The van der Waals surface area contributed by atoms with Crippen LogP contribution in [0.15, 0.2) is 24.3 Å². The van der Waals surface area contributed by atoms with Crippen LogP contribution in [-0.2, 0) is 11.3 Å². The summed E-state index contributed by atoms with van der Waals surface area (Å²) in [5, 5.41) is 0.860. The Morgan fingerprint density at radius 1 is 1.37 bits per heavy atom. The number of rotatable bonds is 5. The molecule has 0 aliphatic carbocycles. The second-order valence-electron chi connectivity index (χ2n) is 5.66. The van der Waals surface area contributed by atoms with Gasteiger partial charge in [0.25, 0.3) is 0 Å². The lowest BCUT2D eigenvalue weighted by Crippen LogP contribution is -2.33. The molecule has 104 valence electrons. The zero-order valence-corrected chi connectivity index (χ0v) is 12.3. The lowest BCUT2D eigenvalue weighted by Gasteiger charge is -2.32. The number of benzene rings is 1. The van der Waals surface area contributed by atoms with E-state index in [9.17, 15) is 4.79 Å². The molecule has 0 amide bonds. The number of piperidine rings is 1. The Hall–Kier alpha value is -0.860. The number of hydrogen-bond acceptors (Lipinski definition) is 2. The predicted octanol–water partition coefficient (Wildman–Crippen LogP) is 3.78. The summed E-state index contributed by atoms with van der Waals surface area (Å²) in [5.74, 6) is 0.919. The van der Waals surface area contributed by atoms with Crippen LogP contribution in [0.1, 0.15) is 31.7 Å². The van der Waals surface area contributed by atoms with Crippen molar-refractivity contribution in [2.75, 3.05) is 13.1 Å². The third kappa shape index (κ3) is 4.32. The number of carbonyl (C=O) groups excluding carboxylic acids is 1. The summed E-state index contributed by atoms with van der Waals surface area (Å²) in [5.41, 5.74) is 1.21. The smallest absolute Gasteiger partial charge is 0.122 e. The van der Waals surface area contributed by atoms with Gasteiger partial charge in [-0.25, -0.2) is 0 Å². The molecule has 0 aromatic heterocycles. The van der Waals surface area contributed by atoms with Gasteiger partial charge in [-0.05, 0) is 49.9 Å². The van der Waals surface area contributed by atoms with Crippen LogP contribution in [-0.4, -0.2) is 24.3 Å². The molecule has 1 heterocycles.